The number of fused-ring (bicyclic) bond motifs is 3. The molecule has 2 heteroatoms. The number of hydrogen-bond donors (Lipinski definition) is 1. The molecule has 1 aromatic heterocycles. The monoisotopic (exact) mass is 242 g/mol. The summed E-state index contributed by atoms with van der Waals surface area (Å²) in [6, 6.07) is 7.60. The lowest BCUT2D eigenvalue weighted by atomic mass is 9.91. The first-order valence-corrected chi connectivity index (χ1v) is 7.01. The van der Waals surface area contributed by atoms with Gasteiger partial charge in [0.15, 0.2) is 0 Å². The molecule has 1 heterocycles. The fraction of sp³-hybridized carbons (Fsp3) is 0.500. The number of aryl methyl sites for hydroxylation is 3. The van der Waals surface area contributed by atoms with Crippen molar-refractivity contribution in [2.75, 3.05) is 7.05 Å². The largest absolute Gasteiger partial charge is 0.347 e. The predicted molar refractivity (Wildman–Crippen MR) is 77.2 cm³/mol. The maximum absolute atomic E-state index is 3.43. The second-order valence-electron chi connectivity index (χ2n) is 5.42. The van der Waals surface area contributed by atoms with Crippen molar-refractivity contribution >= 4 is 10.9 Å². The Hall–Kier alpha value is -1.28. The van der Waals surface area contributed by atoms with Crippen LogP contribution >= 0.6 is 0 Å². The molecule has 0 saturated carbocycles. The number of nitrogens with zero attached hydrogens (tertiary/aromatic N) is 1. The summed E-state index contributed by atoms with van der Waals surface area (Å²) < 4.78 is 2.40. The maximum Gasteiger partial charge on any atom is 0.0482 e. The lowest BCUT2D eigenvalue weighted by Gasteiger charge is -2.23. The van der Waals surface area contributed by atoms with Gasteiger partial charge in [0.05, 0.1) is 0 Å². The Labute approximate surface area is 109 Å². The number of hydrogen-bond acceptors (Lipinski definition) is 1. The Kier molecular flexibility index (Phi) is 2.90. The van der Waals surface area contributed by atoms with E-state index in [0.717, 1.165) is 6.42 Å². The highest BCUT2D eigenvalue weighted by Crippen LogP contribution is 2.32. The zero-order chi connectivity index (χ0) is 12.7. The summed E-state index contributed by atoms with van der Waals surface area (Å²) in [6.07, 6.45) is 4.77. The van der Waals surface area contributed by atoms with Gasteiger partial charge in [0.1, 0.15) is 0 Å². The highest BCUT2D eigenvalue weighted by atomic mass is 15.0. The quantitative estimate of drug-likeness (QED) is 0.857. The third-order valence-electron chi connectivity index (χ3n) is 4.50. The van der Waals surface area contributed by atoms with Crippen LogP contribution in [0.15, 0.2) is 18.2 Å². The molecule has 0 bridgehead atoms. The van der Waals surface area contributed by atoms with Crippen molar-refractivity contribution in [3.8, 4) is 0 Å². The highest BCUT2D eigenvalue weighted by molar-refractivity contribution is 5.86. The zero-order valence-electron chi connectivity index (χ0n) is 11.6. The SMILES string of the molecule is CCc1ccc2c(c1)c1c(n2C)CC(NC)CC1. The minimum atomic E-state index is 0.645. The van der Waals surface area contributed by atoms with E-state index in [1.807, 2.05) is 0 Å². The summed E-state index contributed by atoms with van der Waals surface area (Å²) >= 11 is 0. The summed E-state index contributed by atoms with van der Waals surface area (Å²) in [7, 11) is 4.29. The second kappa shape index (κ2) is 4.43. The summed E-state index contributed by atoms with van der Waals surface area (Å²) in [5.41, 5.74) is 5.97. The molecule has 1 aromatic carbocycles. The lowest BCUT2D eigenvalue weighted by Crippen LogP contribution is -2.32. The molecule has 0 radical (unpaired) electrons. The van der Waals surface area contributed by atoms with Crippen LogP contribution in [0.2, 0.25) is 0 Å². The lowest BCUT2D eigenvalue weighted by molar-refractivity contribution is 0.485. The number of likely N-dealkylation sites (N-methyl/N-ethyl adjacent to an activating group) is 1. The van der Waals surface area contributed by atoms with E-state index in [1.54, 1.807) is 5.56 Å². The Morgan fingerprint density at radius 1 is 1.39 bits per heavy atom. The predicted octanol–water partition coefficient (Wildman–Crippen LogP) is 2.82. The number of benzene rings is 1. The fourth-order valence-corrected chi connectivity index (χ4v) is 3.28. The van der Waals surface area contributed by atoms with Gasteiger partial charge in [-0.25, -0.2) is 0 Å². The molecule has 0 fully saturated rings. The van der Waals surface area contributed by atoms with Crippen LogP contribution in [0.4, 0.5) is 0 Å². The Morgan fingerprint density at radius 3 is 2.94 bits per heavy atom. The van der Waals surface area contributed by atoms with Crippen LogP contribution in [0, 0.1) is 0 Å². The van der Waals surface area contributed by atoms with Crippen LogP contribution in [-0.2, 0) is 26.3 Å². The van der Waals surface area contributed by atoms with Crippen LogP contribution < -0.4 is 5.32 Å². The molecule has 96 valence electrons. The van der Waals surface area contributed by atoms with Crippen molar-refractivity contribution in [1.29, 1.82) is 0 Å². The van der Waals surface area contributed by atoms with E-state index in [2.05, 4.69) is 49.1 Å². The maximum atomic E-state index is 3.43. The Balaban J connectivity index is 2.18. The van der Waals surface area contributed by atoms with Gasteiger partial charge in [-0.1, -0.05) is 13.0 Å². The van der Waals surface area contributed by atoms with Crippen molar-refractivity contribution in [2.45, 2.75) is 38.6 Å². The molecular weight excluding hydrogens is 220 g/mol. The van der Waals surface area contributed by atoms with Gasteiger partial charge in [0.25, 0.3) is 0 Å². The van der Waals surface area contributed by atoms with Crippen molar-refractivity contribution < 1.29 is 0 Å². The summed E-state index contributed by atoms with van der Waals surface area (Å²) in [5.74, 6) is 0. The van der Waals surface area contributed by atoms with E-state index >= 15 is 0 Å². The average molecular weight is 242 g/mol. The fourth-order valence-electron chi connectivity index (χ4n) is 3.28. The first kappa shape index (κ1) is 11.8. The van der Waals surface area contributed by atoms with Crippen molar-refractivity contribution in [2.24, 2.45) is 7.05 Å². The van der Waals surface area contributed by atoms with E-state index in [0.29, 0.717) is 6.04 Å². The molecule has 1 aliphatic rings. The molecule has 0 saturated heterocycles. The zero-order valence-corrected chi connectivity index (χ0v) is 11.6. The molecule has 0 spiro atoms. The van der Waals surface area contributed by atoms with Crippen molar-refractivity contribution in [1.82, 2.24) is 9.88 Å². The molecule has 1 unspecified atom stereocenters. The number of nitrogens with one attached hydrogen (secondary N) is 1. The topological polar surface area (TPSA) is 17.0 Å². The minimum Gasteiger partial charge on any atom is -0.347 e. The first-order valence-electron chi connectivity index (χ1n) is 7.01. The van der Waals surface area contributed by atoms with Gasteiger partial charge in [-0.3, -0.25) is 0 Å². The number of rotatable bonds is 2. The van der Waals surface area contributed by atoms with E-state index in [1.165, 1.54) is 41.4 Å². The summed E-state index contributed by atoms with van der Waals surface area (Å²) in [5, 5.41) is 4.91. The first-order chi connectivity index (χ1) is 8.74. The van der Waals surface area contributed by atoms with E-state index in [9.17, 15) is 0 Å². The molecule has 1 aliphatic carbocycles. The second-order valence-corrected chi connectivity index (χ2v) is 5.42. The van der Waals surface area contributed by atoms with Gasteiger partial charge in [-0.2, -0.15) is 0 Å². The van der Waals surface area contributed by atoms with Crippen LogP contribution in [0.3, 0.4) is 0 Å². The Morgan fingerprint density at radius 2 is 2.22 bits per heavy atom. The standard InChI is InChI=1S/C16H22N2/c1-4-11-5-8-15-14(9-11)13-7-6-12(17-2)10-16(13)18(15)3/h5,8-9,12,17H,4,6-7,10H2,1-3H3. The van der Waals surface area contributed by atoms with E-state index in [-0.39, 0.29) is 0 Å². The van der Waals surface area contributed by atoms with E-state index < -0.39 is 0 Å². The number of aromatic nitrogens is 1. The third kappa shape index (κ3) is 1.67. The van der Waals surface area contributed by atoms with E-state index in [4.69, 9.17) is 0 Å². The minimum absolute atomic E-state index is 0.645. The van der Waals surface area contributed by atoms with Gasteiger partial charge in [-0.15, -0.1) is 0 Å². The normalized spacial score (nSPS) is 19.2. The molecule has 0 aliphatic heterocycles. The van der Waals surface area contributed by atoms with Crippen LogP contribution in [0.5, 0.6) is 0 Å². The molecular formula is C16H22N2. The smallest absolute Gasteiger partial charge is 0.0482 e. The van der Waals surface area contributed by atoms with Crippen molar-refractivity contribution in [3.05, 3.63) is 35.0 Å². The highest BCUT2D eigenvalue weighted by Gasteiger charge is 2.23. The molecule has 2 aromatic rings. The summed E-state index contributed by atoms with van der Waals surface area (Å²) in [4.78, 5) is 0. The van der Waals surface area contributed by atoms with Crippen LogP contribution in [0.25, 0.3) is 10.9 Å². The molecule has 1 atom stereocenters. The molecule has 3 rings (SSSR count). The van der Waals surface area contributed by atoms with Gasteiger partial charge < -0.3 is 9.88 Å². The van der Waals surface area contributed by atoms with Crippen molar-refractivity contribution in [3.63, 3.8) is 0 Å². The molecule has 2 nitrogen and oxygen atoms in total. The van der Waals surface area contributed by atoms with Gasteiger partial charge in [-0.05, 0) is 49.6 Å². The third-order valence-corrected chi connectivity index (χ3v) is 4.50. The average Bonchev–Trinajstić information content (AvgIpc) is 2.71. The summed E-state index contributed by atoms with van der Waals surface area (Å²) in [6.45, 7) is 2.23. The van der Waals surface area contributed by atoms with Gasteiger partial charge >= 0.3 is 0 Å². The van der Waals surface area contributed by atoms with Gasteiger partial charge in [0, 0.05) is 36.1 Å². The van der Waals surface area contributed by atoms with Gasteiger partial charge in [0.2, 0.25) is 0 Å². The molecule has 1 N–H and O–H groups in total. The van der Waals surface area contributed by atoms with Crippen LogP contribution in [-0.4, -0.2) is 17.7 Å². The van der Waals surface area contributed by atoms with Crippen LogP contribution in [0.1, 0.15) is 30.2 Å². The molecule has 0 amide bonds. The molecule has 18 heavy (non-hydrogen) atoms. The Bertz CT molecular complexity index is 580.